The van der Waals surface area contributed by atoms with Crippen LogP contribution in [-0.4, -0.2) is 23.5 Å². The number of nitro groups is 1. The van der Waals surface area contributed by atoms with Crippen molar-refractivity contribution in [3.05, 3.63) is 39.9 Å². The van der Waals surface area contributed by atoms with E-state index in [0.29, 0.717) is 11.3 Å². The average Bonchev–Trinajstić information content (AvgIpc) is 2.17. The van der Waals surface area contributed by atoms with Gasteiger partial charge in [0.25, 0.3) is 0 Å². The van der Waals surface area contributed by atoms with Crippen molar-refractivity contribution in [3.63, 3.8) is 0 Å². The number of ketones is 1. The third-order valence-corrected chi connectivity index (χ3v) is 1.74. The van der Waals surface area contributed by atoms with E-state index in [1.807, 2.05) is 0 Å². The first-order chi connectivity index (χ1) is 7.11. The molecule has 5 heteroatoms. The number of hydrogen-bond donors (Lipinski definition) is 0. The van der Waals surface area contributed by atoms with Crippen LogP contribution in [0.5, 0.6) is 0 Å². The first-order valence-electron chi connectivity index (χ1n) is 4.35. The van der Waals surface area contributed by atoms with Crippen LogP contribution in [0.3, 0.4) is 0 Å². The van der Waals surface area contributed by atoms with Crippen molar-refractivity contribution in [2.24, 2.45) is 4.99 Å². The van der Waals surface area contributed by atoms with Crippen LogP contribution in [-0.2, 0) is 0 Å². The summed E-state index contributed by atoms with van der Waals surface area (Å²) < 4.78 is 0. The molecule has 1 aromatic carbocycles. The number of hydrogen-bond acceptors (Lipinski definition) is 4. The monoisotopic (exact) mass is 206 g/mol. The van der Waals surface area contributed by atoms with E-state index < -0.39 is 4.92 Å². The molecule has 0 saturated heterocycles. The topological polar surface area (TPSA) is 72.6 Å². The summed E-state index contributed by atoms with van der Waals surface area (Å²) in [4.78, 5) is 24.6. The fourth-order valence-corrected chi connectivity index (χ4v) is 1.09. The first kappa shape index (κ1) is 11.0. The van der Waals surface area contributed by atoms with Gasteiger partial charge in [-0.2, -0.15) is 0 Å². The fraction of sp³-hybridized carbons (Fsp3) is 0.200. The second-order valence-corrected chi connectivity index (χ2v) is 2.90. The molecule has 0 aliphatic heterocycles. The third kappa shape index (κ3) is 3.30. The number of para-hydroxylation sites is 1. The fourth-order valence-electron chi connectivity index (χ4n) is 1.09. The van der Waals surface area contributed by atoms with Crippen molar-refractivity contribution in [2.45, 2.75) is 6.92 Å². The molecule has 0 atom stereocenters. The van der Waals surface area contributed by atoms with E-state index in [0.717, 1.165) is 0 Å². The minimum atomic E-state index is -0.486. The Morgan fingerprint density at radius 1 is 1.53 bits per heavy atom. The zero-order valence-electron chi connectivity index (χ0n) is 8.21. The van der Waals surface area contributed by atoms with Gasteiger partial charge in [-0.05, 0) is 19.1 Å². The second-order valence-electron chi connectivity index (χ2n) is 2.90. The first-order valence-corrected chi connectivity index (χ1v) is 4.35. The molecule has 0 aliphatic carbocycles. The van der Waals surface area contributed by atoms with E-state index in [1.54, 1.807) is 24.3 Å². The van der Waals surface area contributed by atoms with Gasteiger partial charge in [-0.3, -0.25) is 19.9 Å². The molecule has 15 heavy (non-hydrogen) atoms. The van der Waals surface area contributed by atoms with Crippen molar-refractivity contribution in [2.75, 3.05) is 6.54 Å². The van der Waals surface area contributed by atoms with E-state index in [1.165, 1.54) is 13.1 Å². The van der Waals surface area contributed by atoms with Crippen molar-refractivity contribution in [1.82, 2.24) is 0 Å². The van der Waals surface area contributed by atoms with E-state index in [9.17, 15) is 14.9 Å². The number of rotatable bonds is 4. The lowest BCUT2D eigenvalue weighted by molar-refractivity contribution is -0.462. The van der Waals surface area contributed by atoms with E-state index in [2.05, 4.69) is 4.99 Å². The molecule has 0 spiro atoms. The molecule has 0 aromatic heterocycles. The lowest BCUT2D eigenvalue weighted by Crippen LogP contribution is -2.01. The smallest absolute Gasteiger partial charge is 0.238 e. The molecular weight excluding hydrogens is 196 g/mol. The molecular formula is C10H10N2O3. The highest BCUT2D eigenvalue weighted by Gasteiger charge is 2.04. The molecule has 1 rings (SSSR count). The van der Waals surface area contributed by atoms with Gasteiger partial charge in [0.1, 0.15) is 0 Å². The Morgan fingerprint density at radius 2 is 2.20 bits per heavy atom. The van der Waals surface area contributed by atoms with Crippen molar-refractivity contribution < 1.29 is 9.72 Å². The zero-order valence-corrected chi connectivity index (χ0v) is 8.21. The maximum absolute atomic E-state index is 11.2. The molecule has 5 nitrogen and oxygen atoms in total. The van der Waals surface area contributed by atoms with Crippen LogP contribution in [0.1, 0.15) is 17.3 Å². The van der Waals surface area contributed by atoms with Gasteiger partial charge in [-0.15, -0.1) is 0 Å². The number of carbonyl (C=O) groups is 1. The number of Topliss-reactive ketones (excluding diaryl/α,β-unsaturated/α-hetero) is 1. The molecule has 78 valence electrons. The molecule has 0 bridgehead atoms. The maximum atomic E-state index is 11.2. The highest BCUT2D eigenvalue weighted by atomic mass is 16.6. The van der Waals surface area contributed by atoms with Crippen molar-refractivity contribution in [1.29, 1.82) is 0 Å². The summed E-state index contributed by atoms with van der Waals surface area (Å²) in [5, 5.41) is 10.1. The maximum Gasteiger partial charge on any atom is 0.238 e. The predicted octanol–water partition coefficient (Wildman–Crippen LogP) is 1.87. The van der Waals surface area contributed by atoms with Gasteiger partial charge in [0.05, 0.1) is 11.9 Å². The summed E-state index contributed by atoms with van der Waals surface area (Å²) in [5.74, 6) is -0.108. The Labute approximate surface area is 86.6 Å². The largest absolute Gasteiger partial charge is 0.294 e. The van der Waals surface area contributed by atoms with Crippen LogP contribution in [0.4, 0.5) is 5.69 Å². The molecule has 0 radical (unpaired) electrons. The van der Waals surface area contributed by atoms with Gasteiger partial charge in [0.15, 0.2) is 5.78 Å². The van der Waals surface area contributed by atoms with Crippen LogP contribution in [0.25, 0.3) is 0 Å². The van der Waals surface area contributed by atoms with Crippen LogP contribution in [0.2, 0.25) is 0 Å². The lowest BCUT2D eigenvalue weighted by Gasteiger charge is -1.99. The van der Waals surface area contributed by atoms with Gasteiger partial charge in [0.2, 0.25) is 6.54 Å². The van der Waals surface area contributed by atoms with E-state index in [4.69, 9.17) is 0 Å². The van der Waals surface area contributed by atoms with Crippen LogP contribution >= 0.6 is 0 Å². The van der Waals surface area contributed by atoms with Crippen LogP contribution < -0.4 is 0 Å². The molecule has 0 heterocycles. The minimum Gasteiger partial charge on any atom is -0.294 e. The van der Waals surface area contributed by atoms with Gasteiger partial charge >= 0.3 is 0 Å². The second kappa shape index (κ2) is 4.99. The molecule has 0 amide bonds. The van der Waals surface area contributed by atoms with E-state index >= 15 is 0 Å². The van der Waals surface area contributed by atoms with Gasteiger partial charge in [-0.1, -0.05) is 12.1 Å². The highest BCUT2D eigenvalue weighted by Crippen LogP contribution is 2.18. The highest BCUT2D eigenvalue weighted by molar-refractivity contribution is 5.99. The van der Waals surface area contributed by atoms with Crippen molar-refractivity contribution >= 4 is 17.7 Å². The SMILES string of the molecule is CC(=O)c1ccccc1N=CC[N+](=O)[O-]. The standard InChI is InChI=1S/C10H10N2O3/c1-8(13)9-4-2-3-5-10(9)11-6-7-12(14)15/h2-6H,7H2,1H3. The summed E-state index contributed by atoms with van der Waals surface area (Å²) in [7, 11) is 0. The average molecular weight is 206 g/mol. The Hall–Kier alpha value is -2.04. The zero-order chi connectivity index (χ0) is 11.3. The third-order valence-electron chi connectivity index (χ3n) is 1.74. The summed E-state index contributed by atoms with van der Waals surface area (Å²) in [6, 6.07) is 6.74. The number of benzene rings is 1. The Kier molecular flexibility index (Phi) is 3.68. The van der Waals surface area contributed by atoms with E-state index in [-0.39, 0.29) is 12.3 Å². The molecule has 0 unspecified atom stereocenters. The summed E-state index contributed by atoms with van der Waals surface area (Å²) in [6.07, 6.45) is 1.18. The Balaban J connectivity index is 2.89. The molecule has 0 fully saturated rings. The molecule has 0 N–H and O–H groups in total. The summed E-state index contributed by atoms with van der Waals surface area (Å²) >= 11 is 0. The Morgan fingerprint density at radius 3 is 2.80 bits per heavy atom. The summed E-state index contributed by atoms with van der Waals surface area (Å²) in [6.45, 7) is 1.09. The van der Waals surface area contributed by atoms with Crippen LogP contribution in [0.15, 0.2) is 29.3 Å². The van der Waals surface area contributed by atoms with Gasteiger partial charge in [-0.25, -0.2) is 0 Å². The minimum absolute atomic E-state index is 0.108. The normalized spacial score (nSPS) is 10.5. The molecule has 0 saturated carbocycles. The molecule has 0 aliphatic rings. The lowest BCUT2D eigenvalue weighted by atomic mass is 10.1. The van der Waals surface area contributed by atoms with Gasteiger partial charge < -0.3 is 0 Å². The summed E-state index contributed by atoms with van der Waals surface area (Å²) in [5.41, 5.74) is 0.934. The quantitative estimate of drug-likeness (QED) is 0.326. The Bertz CT molecular complexity index is 413. The molecule has 1 aromatic rings. The number of carbonyl (C=O) groups excluding carboxylic acids is 1. The number of aliphatic imine (C=N–C) groups is 1. The number of nitrogens with zero attached hydrogens (tertiary/aromatic N) is 2. The van der Waals surface area contributed by atoms with Crippen molar-refractivity contribution in [3.8, 4) is 0 Å². The van der Waals surface area contributed by atoms with Crippen LogP contribution in [0, 0.1) is 10.1 Å². The van der Waals surface area contributed by atoms with Gasteiger partial charge in [0, 0.05) is 10.5 Å². The predicted molar refractivity (Wildman–Crippen MR) is 56.5 cm³/mol.